The molecule has 1 aromatic carbocycles. The molecule has 0 fully saturated rings. The molecule has 1 atom stereocenters. The summed E-state index contributed by atoms with van der Waals surface area (Å²) in [5.41, 5.74) is 2.58. The van der Waals surface area contributed by atoms with Crippen LogP contribution in [0, 0.1) is 25.6 Å². The molecule has 4 heteroatoms. The van der Waals surface area contributed by atoms with Crippen molar-refractivity contribution in [3.63, 3.8) is 0 Å². The average molecular weight is 289 g/mol. The van der Waals surface area contributed by atoms with Crippen LogP contribution in [-0.4, -0.2) is 9.55 Å². The number of aromatic nitrogens is 2. The zero-order valence-corrected chi connectivity index (χ0v) is 13.4. The van der Waals surface area contributed by atoms with Crippen LogP contribution in [0.25, 0.3) is 0 Å². The number of hydrogen-bond acceptors (Lipinski definition) is 2. The molecule has 0 saturated carbocycles. The van der Waals surface area contributed by atoms with Crippen molar-refractivity contribution in [1.82, 2.24) is 9.55 Å². The molecule has 2 rings (SSSR count). The standard InChI is InChI=1S/C17H24FN3/c1-11(2)9-21-10-13(4)19-17(21)20-14(5)15-7-6-12(3)16(18)8-15/h6-8,10-11,14H,9H2,1-5H3,(H,19,20). The Bertz CT molecular complexity index is 616. The van der Waals surface area contributed by atoms with Crippen molar-refractivity contribution < 1.29 is 4.39 Å². The van der Waals surface area contributed by atoms with Crippen molar-refractivity contribution in [2.24, 2.45) is 5.92 Å². The van der Waals surface area contributed by atoms with E-state index in [1.165, 1.54) is 0 Å². The zero-order chi connectivity index (χ0) is 15.6. The molecule has 2 aromatic rings. The van der Waals surface area contributed by atoms with E-state index >= 15 is 0 Å². The first-order valence-electron chi connectivity index (χ1n) is 7.43. The van der Waals surface area contributed by atoms with Crippen LogP contribution in [0.5, 0.6) is 0 Å². The Labute approximate surface area is 126 Å². The smallest absolute Gasteiger partial charge is 0.203 e. The van der Waals surface area contributed by atoms with Crippen molar-refractivity contribution in [3.8, 4) is 0 Å². The van der Waals surface area contributed by atoms with E-state index in [0.29, 0.717) is 11.5 Å². The van der Waals surface area contributed by atoms with E-state index in [1.54, 1.807) is 13.0 Å². The number of nitrogens with one attached hydrogen (secondary N) is 1. The molecule has 0 aliphatic heterocycles. The van der Waals surface area contributed by atoms with Gasteiger partial charge in [-0.2, -0.15) is 0 Å². The number of rotatable bonds is 5. The predicted molar refractivity (Wildman–Crippen MR) is 85.0 cm³/mol. The fraction of sp³-hybridized carbons (Fsp3) is 0.471. The third-order valence-electron chi connectivity index (χ3n) is 3.50. The Kier molecular flexibility index (Phi) is 4.66. The summed E-state index contributed by atoms with van der Waals surface area (Å²) in [4.78, 5) is 4.53. The van der Waals surface area contributed by atoms with Crippen LogP contribution in [0.3, 0.4) is 0 Å². The Balaban J connectivity index is 2.18. The Morgan fingerprint density at radius 3 is 2.57 bits per heavy atom. The van der Waals surface area contributed by atoms with Crippen LogP contribution in [0.4, 0.5) is 10.3 Å². The van der Waals surface area contributed by atoms with Gasteiger partial charge in [0.25, 0.3) is 0 Å². The normalized spacial score (nSPS) is 12.7. The number of halogens is 1. The lowest BCUT2D eigenvalue weighted by Crippen LogP contribution is -2.13. The molecule has 1 heterocycles. The van der Waals surface area contributed by atoms with Crippen LogP contribution >= 0.6 is 0 Å². The number of nitrogens with zero attached hydrogens (tertiary/aromatic N) is 2. The molecule has 0 saturated heterocycles. The minimum atomic E-state index is -0.164. The SMILES string of the molecule is Cc1cn(CC(C)C)c(NC(C)c2ccc(C)c(F)c2)n1. The Morgan fingerprint density at radius 2 is 1.95 bits per heavy atom. The maximum atomic E-state index is 13.7. The predicted octanol–water partition coefficient (Wildman–Crippen LogP) is 4.47. The van der Waals surface area contributed by atoms with Crippen molar-refractivity contribution in [1.29, 1.82) is 0 Å². The highest BCUT2D eigenvalue weighted by atomic mass is 19.1. The van der Waals surface area contributed by atoms with Crippen molar-refractivity contribution >= 4 is 5.95 Å². The van der Waals surface area contributed by atoms with E-state index in [-0.39, 0.29) is 11.9 Å². The van der Waals surface area contributed by atoms with Gasteiger partial charge < -0.3 is 9.88 Å². The molecule has 0 aliphatic carbocycles. The van der Waals surface area contributed by atoms with Gasteiger partial charge >= 0.3 is 0 Å². The first kappa shape index (κ1) is 15.5. The highest BCUT2D eigenvalue weighted by molar-refractivity contribution is 5.35. The number of benzene rings is 1. The fourth-order valence-corrected chi connectivity index (χ4v) is 2.35. The van der Waals surface area contributed by atoms with Gasteiger partial charge in [0.05, 0.1) is 11.7 Å². The maximum absolute atomic E-state index is 13.7. The molecule has 0 bridgehead atoms. The Hall–Kier alpha value is -1.84. The molecular formula is C17H24FN3. The molecule has 0 spiro atoms. The summed E-state index contributed by atoms with van der Waals surface area (Å²) in [6.07, 6.45) is 2.05. The minimum Gasteiger partial charge on any atom is -0.349 e. The molecule has 0 radical (unpaired) electrons. The number of anilines is 1. The topological polar surface area (TPSA) is 29.9 Å². The first-order valence-corrected chi connectivity index (χ1v) is 7.43. The van der Waals surface area contributed by atoms with Crippen LogP contribution in [0.15, 0.2) is 24.4 Å². The monoisotopic (exact) mass is 289 g/mol. The number of hydrogen-bond donors (Lipinski definition) is 1. The first-order chi connectivity index (χ1) is 9.86. The van der Waals surface area contributed by atoms with Gasteiger partial charge in [0.1, 0.15) is 5.82 Å². The molecule has 1 aromatic heterocycles. The van der Waals surface area contributed by atoms with E-state index in [1.807, 2.05) is 32.2 Å². The van der Waals surface area contributed by atoms with Gasteiger partial charge in [0.15, 0.2) is 0 Å². The van der Waals surface area contributed by atoms with Gasteiger partial charge in [-0.3, -0.25) is 0 Å². The van der Waals surface area contributed by atoms with Gasteiger partial charge in [-0.15, -0.1) is 0 Å². The summed E-state index contributed by atoms with van der Waals surface area (Å²) in [7, 11) is 0. The summed E-state index contributed by atoms with van der Waals surface area (Å²) < 4.78 is 15.8. The van der Waals surface area contributed by atoms with Crippen molar-refractivity contribution in [3.05, 3.63) is 47.0 Å². The van der Waals surface area contributed by atoms with E-state index in [0.717, 1.165) is 23.8 Å². The lowest BCUT2D eigenvalue weighted by Gasteiger charge is -2.17. The van der Waals surface area contributed by atoms with Crippen molar-refractivity contribution in [2.45, 2.75) is 47.2 Å². The van der Waals surface area contributed by atoms with Crippen LogP contribution < -0.4 is 5.32 Å². The molecule has 0 aliphatic rings. The number of imidazole rings is 1. The van der Waals surface area contributed by atoms with Gasteiger partial charge in [-0.05, 0) is 43.9 Å². The van der Waals surface area contributed by atoms with Crippen molar-refractivity contribution in [2.75, 3.05) is 5.32 Å². The lowest BCUT2D eigenvalue weighted by molar-refractivity contribution is 0.524. The molecule has 1 N–H and O–H groups in total. The third-order valence-corrected chi connectivity index (χ3v) is 3.50. The second-order valence-electron chi connectivity index (χ2n) is 6.13. The third kappa shape index (κ3) is 3.84. The van der Waals surface area contributed by atoms with Gasteiger partial charge in [-0.1, -0.05) is 26.0 Å². The van der Waals surface area contributed by atoms with Gasteiger partial charge in [-0.25, -0.2) is 9.37 Å². The highest BCUT2D eigenvalue weighted by Gasteiger charge is 2.12. The summed E-state index contributed by atoms with van der Waals surface area (Å²) in [6.45, 7) is 11.1. The van der Waals surface area contributed by atoms with Crippen LogP contribution in [0.1, 0.15) is 43.6 Å². The molecule has 114 valence electrons. The summed E-state index contributed by atoms with van der Waals surface area (Å²) in [5.74, 6) is 1.23. The van der Waals surface area contributed by atoms with Gasteiger partial charge in [0.2, 0.25) is 5.95 Å². The van der Waals surface area contributed by atoms with E-state index in [2.05, 4.69) is 28.7 Å². The summed E-state index contributed by atoms with van der Waals surface area (Å²) >= 11 is 0. The van der Waals surface area contributed by atoms with Gasteiger partial charge in [0, 0.05) is 12.7 Å². The molecule has 3 nitrogen and oxygen atoms in total. The number of aryl methyl sites for hydroxylation is 2. The zero-order valence-electron chi connectivity index (χ0n) is 13.4. The molecule has 0 amide bonds. The second kappa shape index (κ2) is 6.29. The van der Waals surface area contributed by atoms with E-state index in [4.69, 9.17) is 0 Å². The Morgan fingerprint density at radius 1 is 1.24 bits per heavy atom. The highest BCUT2D eigenvalue weighted by Crippen LogP contribution is 2.21. The maximum Gasteiger partial charge on any atom is 0.203 e. The molecular weight excluding hydrogens is 265 g/mol. The minimum absolute atomic E-state index is 0.00723. The second-order valence-corrected chi connectivity index (χ2v) is 6.13. The molecule has 1 unspecified atom stereocenters. The molecule has 21 heavy (non-hydrogen) atoms. The van der Waals surface area contributed by atoms with Crippen LogP contribution in [0.2, 0.25) is 0 Å². The van der Waals surface area contributed by atoms with E-state index in [9.17, 15) is 4.39 Å². The average Bonchev–Trinajstić information content (AvgIpc) is 2.71. The van der Waals surface area contributed by atoms with Crippen LogP contribution in [-0.2, 0) is 6.54 Å². The largest absolute Gasteiger partial charge is 0.349 e. The summed E-state index contributed by atoms with van der Waals surface area (Å²) in [6, 6.07) is 5.37. The summed E-state index contributed by atoms with van der Waals surface area (Å²) in [5, 5.41) is 3.38. The van der Waals surface area contributed by atoms with E-state index < -0.39 is 0 Å². The lowest BCUT2D eigenvalue weighted by atomic mass is 10.1. The fourth-order valence-electron chi connectivity index (χ4n) is 2.35. The quantitative estimate of drug-likeness (QED) is 0.880.